The first-order chi connectivity index (χ1) is 13.6. The van der Waals surface area contributed by atoms with Gasteiger partial charge >= 0.3 is 0 Å². The zero-order valence-corrected chi connectivity index (χ0v) is 15.9. The molecule has 5 rings (SSSR count). The van der Waals surface area contributed by atoms with Crippen molar-refractivity contribution in [3.05, 3.63) is 33.8 Å². The maximum Gasteiger partial charge on any atom is 0.267 e. The third kappa shape index (κ3) is 2.69. The lowest BCUT2D eigenvalue weighted by Gasteiger charge is -2.41. The highest BCUT2D eigenvalue weighted by Crippen LogP contribution is 2.39. The molecule has 0 bridgehead atoms. The lowest BCUT2D eigenvalue weighted by Crippen LogP contribution is -2.49. The van der Waals surface area contributed by atoms with E-state index in [0.29, 0.717) is 29.0 Å². The van der Waals surface area contributed by atoms with Crippen LogP contribution in [0.1, 0.15) is 12.8 Å². The fourth-order valence-electron chi connectivity index (χ4n) is 4.15. The number of piperidine rings is 1. The predicted molar refractivity (Wildman–Crippen MR) is 105 cm³/mol. The normalized spacial score (nSPS) is 21.6. The van der Waals surface area contributed by atoms with E-state index in [1.807, 2.05) is 0 Å². The molecule has 2 aliphatic heterocycles. The van der Waals surface area contributed by atoms with Crippen molar-refractivity contribution in [2.75, 3.05) is 31.2 Å². The first kappa shape index (κ1) is 17.6. The van der Waals surface area contributed by atoms with Crippen LogP contribution in [0.25, 0.3) is 22.4 Å². The molecule has 146 valence electrons. The monoisotopic (exact) mass is 401 g/mol. The molecule has 28 heavy (non-hydrogen) atoms. The number of anilines is 1. The fourth-order valence-corrected chi connectivity index (χ4v) is 4.36. The number of nitrogens with two attached hydrogens (primary N) is 1. The maximum atomic E-state index is 11.8. The fraction of sp³-hybridized carbons (Fsp3) is 0.444. The standard InChI is InChI=1S/C18H20ClN7O2/c19-13-10(1-4-21-17(13)27)14-15-16(25-24-14)23-12(7-22-15)26-5-2-18(3-6-26)9-28-8-11(18)20/h1,4,7,11H,2-3,5-6,8-9,20H2,(H,21,27)(H,23,24,25)/t11-/m1/s1. The molecule has 0 unspecified atom stereocenters. The van der Waals surface area contributed by atoms with Gasteiger partial charge in [-0.05, 0) is 18.9 Å². The average molecular weight is 402 g/mol. The Morgan fingerprint density at radius 1 is 1.36 bits per heavy atom. The Balaban J connectivity index is 1.43. The van der Waals surface area contributed by atoms with Crippen LogP contribution in [0.15, 0.2) is 23.3 Å². The number of halogens is 1. The van der Waals surface area contributed by atoms with E-state index in [2.05, 4.69) is 30.0 Å². The van der Waals surface area contributed by atoms with Gasteiger partial charge in [-0.15, -0.1) is 0 Å². The Labute approximate surface area is 165 Å². The highest BCUT2D eigenvalue weighted by molar-refractivity contribution is 6.33. The second-order valence-electron chi connectivity index (χ2n) is 7.50. The largest absolute Gasteiger partial charge is 0.379 e. The van der Waals surface area contributed by atoms with Crippen LogP contribution in [0, 0.1) is 5.41 Å². The van der Waals surface area contributed by atoms with E-state index in [1.165, 1.54) is 0 Å². The molecule has 5 heterocycles. The van der Waals surface area contributed by atoms with Crippen molar-refractivity contribution in [3.63, 3.8) is 0 Å². The quantitative estimate of drug-likeness (QED) is 0.590. The summed E-state index contributed by atoms with van der Waals surface area (Å²) >= 11 is 6.14. The van der Waals surface area contributed by atoms with Crippen molar-refractivity contribution in [2.45, 2.75) is 18.9 Å². The Morgan fingerprint density at radius 3 is 2.93 bits per heavy atom. The molecule has 1 spiro atoms. The molecule has 2 aliphatic rings. The number of aromatic amines is 2. The zero-order chi connectivity index (χ0) is 19.3. The summed E-state index contributed by atoms with van der Waals surface area (Å²) in [5.74, 6) is 0.782. The summed E-state index contributed by atoms with van der Waals surface area (Å²) in [5, 5.41) is 7.27. The Kier molecular flexibility index (Phi) is 4.11. The van der Waals surface area contributed by atoms with Gasteiger partial charge in [-0.25, -0.2) is 9.97 Å². The number of ether oxygens (including phenoxy) is 1. The van der Waals surface area contributed by atoms with Gasteiger partial charge in [0.15, 0.2) is 0 Å². The van der Waals surface area contributed by atoms with Crippen LogP contribution in [0.4, 0.5) is 5.82 Å². The molecule has 3 aromatic rings. The molecule has 0 aliphatic carbocycles. The van der Waals surface area contributed by atoms with Crippen molar-refractivity contribution in [1.82, 2.24) is 25.1 Å². The van der Waals surface area contributed by atoms with E-state index >= 15 is 0 Å². The third-order valence-electron chi connectivity index (χ3n) is 5.98. The summed E-state index contributed by atoms with van der Waals surface area (Å²) in [4.78, 5) is 25.7. The highest BCUT2D eigenvalue weighted by atomic mass is 35.5. The molecule has 2 saturated heterocycles. The highest BCUT2D eigenvalue weighted by Gasteiger charge is 2.44. The number of hydrogen-bond donors (Lipinski definition) is 3. The average Bonchev–Trinajstić information content (AvgIpc) is 3.28. The molecule has 3 aromatic heterocycles. The van der Waals surface area contributed by atoms with Gasteiger partial charge in [-0.2, -0.15) is 5.10 Å². The number of nitrogens with one attached hydrogen (secondary N) is 2. The summed E-state index contributed by atoms with van der Waals surface area (Å²) in [6.07, 6.45) is 5.23. The molecule has 2 fully saturated rings. The van der Waals surface area contributed by atoms with Crippen LogP contribution >= 0.6 is 11.6 Å². The molecule has 10 heteroatoms. The van der Waals surface area contributed by atoms with Crippen molar-refractivity contribution in [1.29, 1.82) is 0 Å². The van der Waals surface area contributed by atoms with Crippen LogP contribution in [-0.2, 0) is 4.74 Å². The minimum Gasteiger partial charge on any atom is -0.379 e. The smallest absolute Gasteiger partial charge is 0.267 e. The van der Waals surface area contributed by atoms with Gasteiger partial charge in [0.1, 0.15) is 16.4 Å². The summed E-state index contributed by atoms with van der Waals surface area (Å²) in [6, 6.07) is 1.82. The van der Waals surface area contributed by atoms with E-state index in [-0.39, 0.29) is 22.0 Å². The lowest BCUT2D eigenvalue weighted by molar-refractivity contribution is 0.131. The number of H-pyrrole nitrogens is 2. The van der Waals surface area contributed by atoms with Gasteiger partial charge < -0.3 is 20.4 Å². The van der Waals surface area contributed by atoms with Crippen molar-refractivity contribution < 1.29 is 4.74 Å². The number of fused-ring (bicyclic) bond motifs is 1. The van der Waals surface area contributed by atoms with Gasteiger partial charge in [0, 0.05) is 36.3 Å². The Bertz CT molecular complexity index is 1090. The second-order valence-corrected chi connectivity index (χ2v) is 7.88. The Hall–Kier alpha value is -2.49. The van der Waals surface area contributed by atoms with Crippen molar-refractivity contribution >= 4 is 28.6 Å². The minimum atomic E-state index is -0.358. The Morgan fingerprint density at radius 2 is 2.18 bits per heavy atom. The van der Waals surface area contributed by atoms with Crippen LogP contribution in [-0.4, -0.2) is 57.5 Å². The molecule has 0 radical (unpaired) electrons. The van der Waals surface area contributed by atoms with Crippen LogP contribution in [0.5, 0.6) is 0 Å². The van der Waals surface area contributed by atoms with Gasteiger partial charge in [-0.3, -0.25) is 9.89 Å². The SMILES string of the molecule is N[C@@H]1COCC12CCN(c1cnc3c(-c4cc[nH]c(=O)c4Cl)[nH]nc3n1)CC2. The van der Waals surface area contributed by atoms with Gasteiger partial charge in [0.2, 0.25) is 5.65 Å². The molecule has 0 aromatic carbocycles. The molecular formula is C18H20ClN7O2. The van der Waals surface area contributed by atoms with E-state index in [1.54, 1.807) is 18.5 Å². The third-order valence-corrected chi connectivity index (χ3v) is 6.35. The zero-order valence-electron chi connectivity index (χ0n) is 15.1. The van der Waals surface area contributed by atoms with Gasteiger partial charge in [0.05, 0.1) is 25.1 Å². The molecule has 4 N–H and O–H groups in total. The summed E-state index contributed by atoms with van der Waals surface area (Å²) in [6.45, 7) is 3.10. The van der Waals surface area contributed by atoms with Crippen LogP contribution in [0.2, 0.25) is 5.02 Å². The van der Waals surface area contributed by atoms with E-state index in [0.717, 1.165) is 38.4 Å². The summed E-state index contributed by atoms with van der Waals surface area (Å²) in [7, 11) is 0. The first-order valence-corrected chi connectivity index (χ1v) is 9.62. The summed E-state index contributed by atoms with van der Waals surface area (Å²) in [5.41, 5.74) is 8.19. The molecule has 0 saturated carbocycles. The number of aromatic nitrogens is 5. The van der Waals surface area contributed by atoms with Gasteiger partial charge in [-0.1, -0.05) is 11.6 Å². The molecule has 0 amide bonds. The van der Waals surface area contributed by atoms with E-state index in [4.69, 9.17) is 22.1 Å². The summed E-state index contributed by atoms with van der Waals surface area (Å²) < 4.78 is 5.59. The maximum absolute atomic E-state index is 11.8. The number of rotatable bonds is 2. The van der Waals surface area contributed by atoms with Crippen LogP contribution in [0.3, 0.4) is 0 Å². The molecule has 9 nitrogen and oxygen atoms in total. The van der Waals surface area contributed by atoms with Crippen molar-refractivity contribution in [2.24, 2.45) is 11.1 Å². The number of hydrogen-bond acceptors (Lipinski definition) is 7. The lowest BCUT2D eigenvalue weighted by atomic mass is 9.75. The second kappa shape index (κ2) is 6.54. The number of pyridine rings is 1. The van der Waals surface area contributed by atoms with Crippen LogP contribution < -0.4 is 16.2 Å². The minimum absolute atomic E-state index is 0.0879. The molecule has 1 atom stereocenters. The molecular weight excluding hydrogens is 382 g/mol. The topological polar surface area (TPSA) is 126 Å². The predicted octanol–water partition coefficient (Wildman–Crippen LogP) is 1.31. The first-order valence-electron chi connectivity index (χ1n) is 9.24. The van der Waals surface area contributed by atoms with Gasteiger partial charge in [0.25, 0.3) is 5.56 Å². The number of nitrogens with zero attached hydrogens (tertiary/aromatic N) is 4. The van der Waals surface area contributed by atoms with E-state index < -0.39 is 0 Å². The van der Waals surface area contributed by atoms with E-state index in [9.17, 15) is 4.79 Å². The van der Waals surface area contributed by atoms with Crippen molar-refractivity contribution in [3.8, 4) is 11.3 Å².